The first-order valence-electron chi connectivity index (χ1n) is 8.14. The Morgan fingerprint density at radius 3 is 3.00 bits per heavy atom. The summed E-state index contributed by atoms with van der Waals surface area (Å²) in [5.41, 5.74) is 1.32. The maximum Gasteiger partial charge on any atom is 0.292 e. The van der Waals surface area contributed by atoms with Crippen LogP contribution in [0.3, 0.4) is 0 Å². The molecule has 1 aliphatic rings. The predicted molar refractivity (Wildman–Crippen MR) is 88.9 cm³/mol. The van der Waals surface area contributed by atoms with E-state index in [-0.39, 0.29) is 23.1 Å². The zero-order valence-electron chi connectivity index (χ0n) is 13.6. The molecule has 0 bridgehead atoms. The van der Waals surface area contributed by atoms with E-state index >= 15 is 0 Å². The summed E-state index contributed by atoms with van der Waals surface area (Å²) >= 11 is 0. The van der Waals surface area contributed by atoms with E-state index in [0.717, 1.165) is 31.8 Å². The molecular formula is C16H21N5O3. The normalized spacial score (nSPS) is 17.9. The number of piperidine rings is 1. The van der Waals surface area contributed by atoms with Crippen molar-refractivity contribution in [1.29, 1.82) is 0 Å². The number of aryl methyl sites for hydroxylation is 1. The predicted octanol–water partition coefficient (Wildman–Crippen LogP) is 2.08. The summed E-state index contributed by atoms with van der Waals surface area (Å²) in [6, 6.07) is 4.78. The van der Waals surface area contributed by atoms with Gasteiger partial charge in [0, 0.05) is 31.6 Å². The summed E-state index contributed by atoms with van der Waals surface area (Å²) < 4.78 is 2.02. The van der Waals surface area contributed by atoms with Crippen LogP contribution in [0.15, 0.2) is 24.5 Å². The summed E-state index contributed by atoms with van der Waals surface area (Å²) in [7, 11) is 0. The van der Waals surface area contributed by atoms with Crippen molar-refractivity contribution in [2.45, 2.75) is 38.8 Å². The number of nitro groups is 1. The highest BCUT2D eigenvalue weighted by molar-refractivity contribution is 5.65. The van der Waals surface area contributed by atoms with E-state index in [9.17, 15) is 15.2 Å². The first-order chi connectivity index (χ1) is 11.6. The van der Waals surface area contributed by atoms with Gasteiger partial charge < -0.3 is 14.6 Å². The van der Waals surface area contributed by atoms with E-state index in [1.807, 2.05) is 16.4 Å². The monoisotopic (exact) mass is 331 g/mol. The highest BCUT2D eigenvalue weighted by Gasteiger charge is 2.28. The Hall–Kier alpha value is -2.48. The van der Waals surface area contributed by atoms with Gasteiger partial charge >= 0.3 is 0 Å². The molecule has 0 saturated carbocycles. The molecule has 1 saturated heterocycles. The number of rotatable bonds is 5. The third-order valence-electron chi connectivity index (χ3n) is 4.53. The SMILES string of the molecule is CCn1cnnc1C1CCCN(c2cc(CO)ccc2[N+](=O)[O-])C1. The highest BCUT2D eigenvalue weighted by Crippen LogP contribution is 2.35. The molecule has 1 N–H and O–H groups in total. The van der Waals surface area contributed by atoms with Gasteiger partial charge in [-0.1, -0.05) is 0 Å². The Labute approximate surface area is 139 Å². The lowest BCUT2D eigenvalue weighted by Crippen LogP contribution is -2.35. The van der Waals surface area contributed by atoms with E-state index in [0.29, 0.717) is 17.8 Å². The van der Waals surface area contributed by atoms with Crippen molar-refractivity contribution in [3.05, 3.63) is 46.0 Å². The van der Waals surface area contributed by atoms with Crippen LogP contribution in [-0.2, 0) is 13.2 Å². The zero-order chi connectivity index (χ0) is 17.1. The van der Waals surface area contributed by atoms with Crippen molar-refractivity contribution in [1.82, 2.24) is 14.8 Å². The third-order valence-corrected chi connectivity index (χ3v) is 4.53. The van der Waals surface area contributed by atoms with Crippen LogP contribution < -0.4 is 4.90 Å². The summed E-state index contributed by atoms with van der Waals surface area (Å²) in [6.07, 6.45) is 3.65. The van der Waals surface area contributed by atoms with Crippen LogP contribution in [0.1, 0.15) is 37.1 Å². The van der Waals surface area contributed by atoms with E-state index in [4.69, 9.17) is 0 Å². The molecular weight excluding hydrogens is 310 g/mol. The Bertz CT molecular complexity index is 730. The zero-order valence-corrected chi connectivity index (χ0v) is 13.6. The van der Waals surface area contributed by atoms with Gasteiger partial charge in [0.1, 0.15) is 17.8 Å². The van der Waals surface area contributed by atoms with E-state index in [1.165, 1.54) is 6.07 Å². The Morgan fingerprint density at radius 1 is 1.46 bits per heavy atom. The van der Waals surface area contributed by atoms with Crippen LogP contribution in [0.4, 0.5) is 11.4 Å². The van der Waals surface area contributed by atoms with Crippen LogP contribution in [0.5, 0.6) is 0 Å². The number of aliphatic hydroxyl groups excluding tert-OH is 1. The Balaban J connectivity index is 1.91. The molecule has 8 nitrogen and oxygen atoms in total. The van der Waals surface area contributed by atoms with Crippen molar-refractivity contribution < 1.29 is 10.0 Å². The summed E-state index contributed by atoms with van der Waals surface area (Å²) in [5.74, 6) is 1.13. The fourth-order valence-corrected chi connectivity index (χ4v) is 3.31. The van der Waals surface area contributed by atoms with Gasteiger partial charge in [-0.05, 0) is 37.5 Å². The minimum absolute atomic E-state index is 0.0739. The Morgan fingerprint density at radius 2 is 2.29 bits per heavy atom. The molecule has 128 valence electrons. The molecule has 0 aliphatic carbocycles. The summed E-state index contributed by atoms with van der Waals surface area (Å²) in [6.45, 7) is 4.13. The smallest absolute Gasteiger partial charge is 0.292 e. The second kappa shape index (κ2) is 6.96. The lowest BCUT2D eigenvalue weighted by atomic mass is 9.96. The molecule has 0 spiro atoms. The van der Waals surface area contributed by atoms with Gasteiger partial charge in [0.2, 0.25) is 0 Å². The summed E-state index contributed by atoms with van der Waals surface area (Å²) in [5, 5.41) is 28.9. The lowest BCUT2D eigenvalue weighted by molar-refractivity contribution is -0.384. The standard InChI is InChI=1S/C16H21N5O3/c1-2-19-11-17-18-16(19)13-4-3-7-20(9-13)15-8-12(10-22)5-6-14(15)21(23)24/h5-6,8,11,13,22H,2-4,7,9-10H2,1H3. The van der Waals surface area contributed by atoms with Crippen LogP contribution in [0, 0.1) is 10.1 Å². The van der Waals surface area contributed by atoms with E-state index < -0.39 is 0 Å². The molecule has 24 heavy (non-hydrogen) atoms. The molecule has 2 aromatic rings. The molecule has 8 heteroatoms. The maximum atomic E-state index is 11.4. The number of aliphatic hydroxyl groups is 1. The second-order valence-electron chi connectivity index (χ2n) is 6.00. The van der Waals surface area contributed by atoms with Gasteiger partial charge in [0.25, 0.3) is 5.69 Å². The number of hydrogen-bond acceptors (Lipinski definition) is 6. The number of benzene rings is 1. The first kappa shape index (κ1) is 16.4. The van der Waals surface area contributed by atoms with Gasteiger partial charge in [-0.2, -0.15) is 0 Å². The van der Waals surface area contributed by atoms with E-state index in [1.54, 1.807) is 18.5 Å². The Kier molecular flexibility index (Phi) is 4.75. The number of nitrogens with zero attached hydrogens (tertiary/aromatic N) is 5. The fourth-order valence-electron chi connectivity index (χ4n) is 3.31. The van der Waals surface area contributed by atoms with Gasteiger partial charge in [0.15, 0.2) is 0 Å². The van der Waals surface area contributed by atoms with Gasteiger partial charge in [-0.25, -0.2) is 0 Å². The van der Waals surface area contributed by atoms with Gasteiger partial charge in [-0.15, -0.1) is 10.2 Å². The first-order valence-corrected chi connectivity index (χ1v) is 8.14. The molecule has 0 amide bonds. The van der Waals surface area contributed by atoms with Crippen LogP contribution >= 0.6 is 0 Å². The van der Waals surface area contributed by atoms with Crippen molar-refractivity contribution in [3.8, 4) is 0 Å². The largest absolute Gasteiger partial charge is 0.392 e. The fraction of sp³-hybridized carbons (Fsp3) is 0.500. The van der Waals surface area contributed by atoms with Crippen LogP contribution in [-0.4, -0.2) is 37.9 Å². The quantitative estimate of drug-likeness (QED) is 0.665. The van der Waals surface area contributed by atoms with Crippen molar-refractivity contribution in [3.63, 3.8) is 0 Å². The average Bonchev–Trinajstić information content (AvgIpc) is 3.10. The maximum absolute atomic E-state index is 11.4. The molecule has 1 unspecified atom stereocenters. The summed E-state index contributed by atoms with van der Waals surface area (Å²) in [4.78, 5) is 13.0. The van der Waals surface area contributed by atoms with E-state index in [2.05, 4.69) is 10.2 Å². The van der Waals surface area contributed by atoms with Gasteiger partial charge in [0.05, 0.1) is 11.5 Å². The van der Waals surface area contributed by atoms with Crippen molar-refractivity contribution in [2.75, 3.05) is 18.0 Å². The van der Waals surface area contributed by atoms with Crippen molar-refractivity contribution in [2.24, 2.45) is 0 Å². The molecule has 0 radical (unpaired) electrons. The molecule has 1 atom stereocenters. The molecule has 2 heterocycles. The number of anilines is 1. The molecule has 1 aromatic heterocycles. The molecule has 1 fully saturated rings. The number of hydrogen-bond donors (Lipinski definition) is 1. The van der Waals surface area contributed by atoms with Crippen LogP contribution in [0.25, 0.3) is 0 Å². The number of aromatic nitrogens is 3. The second-order valence-corrected chi connectivity index (χ2v) is 6.00. The minimum atomic E-state index is -0.366. The molecule has 1 aliphatic heterocycles. The minimum Gasteiger partial charge on any atom is -0.392 e. The molecule has 1 aromatic carbocycles. The molecule has 3 rings (SSSR count). The number of nitro benzene ring substituents is 1. The third kappa shape index (κ3) is 3.09. The lowest BCUT2D eigenvalue weighted by Gasteiger charge is -2.33. The van der Waals surface area contributed by atoms with Crippen molar-refractivity contribution >= 4 is 11.4 Å². The topological polar surface area (TPSA) is 97.3 Å². The highest BCUT2D eigenvalue weighted by atomic mass is 16.6. The van der Waals surface area contributed by atoms with Gasteiger partial charge in [-0.3, -0.25) is 10.1 Å². The average molecular weight is 331 g/mol. The van der Waals surface area contributed by atoms with Crippen LogP contribution in [0.2, 0.25) is 0 Å².